The minimum absolute atomic E-state index is 0.480. The van der Waals surface area contributed by atoms with Crippen molar-refractivity contribution in [2.75, 3.05) is 18.4 Å². The van der Waals surface area contributed by atoms with E-state index in [4.69, 9.17) is 4.74 Å². The number of carbonyl (C=O) groups excluding carboxylic acids is 1. The van der Waals surface area contributed by atoms with Crippen molar-refractivity contribution in [3.63, 3.8) is 0 Å². The smallest absolute Gasteiger partial charge is 0.413 e. The SMILES string of the molecule is CC(C)(C)OC(=O)Nc1[nH]ncc1CNCC1CCCCN1. The molecule has 1 fully saturated rings. The van der Waals surface area contributed by atoms with Gasteiger partial charge in [-0.2, -0.15) is 5.10 Å². The number of ether oxygens (including phenoxy) is 1. The Morgan fingerprint density at radius 1 is 1.45 bits per heavy atom. The van der Waals surface area contributed by atoms with Gasteiger partial charge in [-0.25, -0.2) is 4.79 Å². The predicted octanol–water partition coefficient (Wildman–Crippen LogP) is 1.99. The number of hydrogen-bond donors (Lipinski definition) is 4. The lowest BCUT2D eigenvalue weighted by atomic mass is 10.1. The third-order valence-corrected chi connectivity index (χ3v) is 3.46. The first kappa shape index (κ1) is 16.8. The summed E-state index contributed by atoms with van der Waals surface area (Å²) in [6, 6.07) is 0.530. The molecule has 0 bridgehead atoms. The maximum Gasteiger partial charge on any atom is 0.413 e. The number of H-pyrrole nitrogens is 1. The van der Waals surface area contributed by atoms with Gasteiger partial charge in [0.05, 0.1) is 6.20 Å². The molecule has 7 nitrogen and oxygen atoms in total. The number of rotatable bonds is 5. The largest absolute Gasteiger partial charge is 0.444 e. The van der Waals surface area contributed by atoms with Crippen LogP contribution in [0.2, 0.25) is 0 Å². The van der Waals surface area contributed by atoms with E-state index in [0.717, 1.165) is 18.7 Å². The lowest BCUT2D eigenvalue weighted by Crippen LogP contribution is -2.41. The highest BCUT2D eigenvalue weighted by molar-refractivity contribution is 5.84. The number of carbonyl (C=O) groups is 1. The van der Waals surface area contributed by atoms with Crippen LogP contribution in [0.3, 0.4) is 0 Å². The molecule has 1 saturated heterocycles. The van der Waals surface area contributed by atoms with Gasteiger partial charge in [0.25, 0.3) is 0 Å². The van der Waals surface area contributed by atoms with Crippen LogP contribution in [0.15, 0.2) is 6.20 Å². The van der Waals surface area contributed by atoms with Gasteiger partial charge in [0.2, 0.25) is 0 Å². The quantitative estimate of drug-likeness (QED) is 0.668. The van der Waals surface area contributed by atoms with Crippen molar-refractivity contribution in [1.29, 1.82) is 0 Å². The van der Waals surface area contributed by atoms with E-state index in [-0.39, 0.29) is 0 Å². The maximum absolute atomic E-state index is 11.8. The van der Waals surface area contributed by atoms with E-state index in [1.807, 2.05) is 20.8 Å². The van der Waals surface area contributed by atoms with Gasteiger partial charge in [0.1, 0.15) is 11.4 Å². The second-order valence-corrected chi connectivity index (χ2v) is 6.67. The van der Waals surface area contributed by atoms with Gasteiger partial charge in [-0.1, -0.05) is 6.42 Å². The molecule has 7 heteroatoms. The van der Waals surface area contributed by atoms with Crippen molar-refractivity contribution in [3.8, 4) is 0 Å². The summed E-state index contributed by atoms with van der Waals surface area (Å²) in [5.41, 5.74) is 0.400. The molecule has 1 atom stereocenters. The van der Waals surface area contributed by atoms with Crippen molar-refractivity contribution in [2.24, 2.45) is 0 Å². The zero-order valence-corrected chi connectivity index (χ0v) is 13.7. The van der Waals surface area contributed by atoms with E-state index in [2.05, 4.69) is 26.1 Å². The first-order chi connectivity index (χ1) is 10.4. The second-order valence-electron chi connectivity index (χ2n) is 6.67. The zero-order valence-electron chi connectivity index (χ0n) is 13.7. The summed E-state index contributed by atoms with van der Waals surface area (Å²) in [6.45, 7) is 8.16. The first-order valence-electron chi connectivity index (χ1n) is 7.90. The number of nitrogens with one attached hydrogen (secondary N) is 4. The van der Waals surface area contributed by atoms with Crippen LogP contribution in [-0.4, -0.2) is 41.0 Å². The van der Waals surface area contributed by atoms with Crippen LogP contribution < -0.4 is 16.0 Å². The molecule has 1 aliphatic heterocycles. The standard InChI is InChI=1S/C15H27N5O2/c1-15(2,3)22-14(21)19-13-11(9-18-20-13)8-16-10-12-6-4-5-7-17-12/h9,12,16-17H,4-8,10H2,1-3H3,(H2,18,19,20,21). The molecule has 1 amide bonds. The summed E-state index contributed by atoms with van der Waals surface area (Å²) in [6.07, 6.45) is 5.00. The van der Waals surface area contributed by atoms with Crippen LogP contribution in [0.4, 0.5) is 10.6 Å². The van der Waals surface area contributed by atoms with Gasteiger partial charge < -0.3 is 15.4 Å². The third-order valence-electron chi connectivity index (χ3n) is 3.46. The van der Waals surface area contributed by atoms with Gasteiger partial charge in [0, 0.05) is 24.7 Å². The van der Waals surface area contributed by atoms with Gasteiger partial charge >= 0.3 is 6.09 Å². The summed E-state index contributed by atoms with van der Waals surface area (Å²) in [4.78, 5) is 11.8. The molecule has 1 aliphatic rings. The molecular formula is C15H27N5O2. The molecule has 1 aromatic rings. The molecule has 0 spiro atoms. The second kappa shape index (κ2) is 7.60. The van der Waals surface area contributed by atoms with Crippen molar-refractivity contribution in [2.45, 2.75) is 58.2 Å². The number of nitrogens with zero attached hydrogens (tertiary/aromatic N) is 1. The minimum Gasteiger partial charge on any atom is -0.444 e. The van der Waals surface area contributed by atoms with Crippen LogP contribution in [0, 0.1) is 0 Å². The van der Waals surface area contributed by atoms with Crippen LogP contribution >= 0.6 is 0 Å². The monoisotopic (exact) mass is 309 g/mol. The zero-order chi connectivity index (χ0) is 16.0. The van der Waals surface area contributed by atoms with Crippen LogP contribution in [0.5, 0.6) is 0 Å². The molecule has 0 aliphatic carbocycles. The Morgan fingerprint density at radius 3 is 2.95 bits per heavy atom. The van der Waals surface area contributed by atoms with Crippen LogP contribution in [0.25, 0.3) is 0 Å². The number of hydrogen-bond acceptors (Lipinski definition) is 5. The molecule has 0 radical (unpaired) electrons. The van der Waals surface area contributed by atoms with Gasteiger partial charge in [-0.3, -0.25) is 10.4 Å². The molecule has 2 heterocycles. The minimum atomic E-state index is -0.519. The molecular weight excluding hydrogens is 282 g/mol. The molecule has 1 unspecified atom stereocenters. The number of piperidine rings is 1. The molecule has 2 rings (SSSR count). The van der Waals surface area contributed by atoms with E-state index in [0.29, 0.717) is 18.4 Å². The Balaban J connectivity index is 1.77. The van der Waals surface area contributed by atoms with E-state index < -0.39 is 11.7 Å². The fourth-order valence-corrected chi connectivity index (χ4v) is 2.44. The topological polar surface area (TPSA) is 91.1 Å². The van der Waals surface area contributed by atoms with Crippen molar-refractivity contribution >= 4 is 11.9 Å². The average molecular weight is 309 g/mol. The lowest BCUT2D eigenvalue weighted by molar-refractivity contribution is 0.0635. The summed E-state index contributed by atoms with van der Waals surface area (Å²) >= 11 is 0. The summed E-state index contributed by atoms with van der Waals surface area (Å²) in [7, 11) is 0. The Labute approximate surface area is 131 Å². The van der Waals surface area contributed by atoms with Crippen molar-refractivity contribution < 1.29 is 9.53 Å². The molecule has 0 aromatic carbocycles. The Kier molecular flexibility index (Phi) is 5.79. The number of anilines is 1. The fraction of sp³-hybridized carbons (Fsp3) is 0.733. The maximum atomic E-state index is 11.8. The van der Waals surface area contributed by atoms with Crippen molar-refractivity contribution in [1.82, 2.24) is 20.8 Å². The fourth-order valence-electron chi connectivity index (χ4n) is 2.44. The number of aromatic amines is 1. The normalized spacial score (nSPS) is 19.0. The van der Waals surface area contributed by atoms with E-state index in [9.17, 15) is 4.79 Å². The highest BCUT2D eigenvalue weighted by atomic mass is 16.6. The Morgan fingerprint density at radius 2 is 2.27 bits per heavy atom. The van der Waals surface area contributed by atoms with E-state index in [1.54, 1.807) is 6.20 Å². The Bertz CT molecular complexity index is 475. The average Bonchev–Trinajstić information content (AvgIpc) is 2.85. The highest BCUT2D eigenvalue weighted by Gasteiger charge is 2.18. The highest BCUT2D eigenvalue weighted by Crippen LogP contribution is 2.14. The van der Waals surface area contributed by atoms with Crippen LogP contribution in [-0.2, 0) is 11.3 Å². The number of aromatic nitrogens is 2. The van der Waals surface area contributed by atoms with E-state index in [1.165, 1.54) is 19.3 Å². The molecule has 1 aromatic heterocycles. The third kappa shape index (κ3) is 5.65. The number of amides is 1. The Hall–Kier alpha value is -1.60. The van der Waals surface area contributed by atoms with E-state index >= 15 is 0 Å². The van der Waals surface area contributed by atoms with Gasteiger partial charge in [0.15, 0.2) is 0 Å². The summed E-state index contributed by atoms with van der Waals surface area (Å²) in [5, 5.41) is 16.4. The molecule has 4 N–H and O–H groups in total. The molecule has 22 heavy (non-hydrogen) atoms. The molecule has 124 valence electrons. The van der Waals surface area contributed by atoms with Gasteiger partial charge in [-0.15, -0.1) is 0 Å². The predicted molar refractivity (Wildman–Crippen MR) is 85.8 cm³/mol. The molecule has 0 saturated carbocycles. The summed E-state index contributed by atoms with van der Waals surface area (Å²) < 4.78 is 5.24. The van der Waals surface area contributed by atoms with Crippen LogP contribution in [0.1, 0.15) is 45.6 Å². The lowest BCUT2D eigenvalue weighted by Gasteiger charge is -2.23. The van der Waals surface area contributed by atoms with Crippen molar-refractivity contribution in [3.05, 3.63) is 11.8 Å². The first-order valence-corrected chi connectivity index (χ1v) is 7.90. The van der Waals surface area contributed by atoms with Gasteiger partial charge in [-0.05, 0) is 40.2 Å². The summed E-state index contributed by atoms with van der Waals surface area (Å²) in [5.74, 6) is 0.582.